The number of ether oxygens (including phenoxy) is 2. The van der Waals surface area contributed by atoms with Gasteiger partial charge in [0.25, 0.3) is 0 Å². The second-order valence-corrected chi connectivity index (χ2v) is 22.4. The zero-order valence-electron chi connectivity index (χ0n) is 50.7. The molecule has 71 heavy (non-hydrogen) atoms. The molecular weight excluding hydrogens is 883 g/mol. The number of aliphatic imine (C=N–C) groups is 1. The van der Waals surface area contributed by atoms with Gasteiger partial charge in [0.2, 0.25) is 0 Å². The highest BCUT2D eigenvalue weighted by molar-refractivity contribution is 5.92. The van der Waals surface area contributed by atoms with Crippen LogP contribution in [-0.4, -0.2) is 62.4 Å². The Morgan fingerprint density at radius 2 is 0.887 bits per heavy atom. The van der Waals surface area contributed by atoms with Gasteiger partial charge >= 0.3 is 5.97 Å². The molecule has 7 aliphatic rings. The predicted octanol–water partition coefficient (Wildman–Crippen LogP) is 18.6. The van der Waals surface area contributed by atoms with Crippen molar-refractivity contribution in [3.63, 3.8) is 0 Å². The summed E-state index contributed by atoms with van der Waals surface area (Å²) in [5.41, 5.74) is 1.24. The largest absolute Gasteiger partial charge is 0.466 e. The highest BCUT2D eigenvalue weighted by atomic mass is 16.5. The molecule has 2 saturated carbocycles. The average molecular weight is 1000 g/mol. The lowest BCUT2D eigenvalue weighted by Crippen LogP contribution is -2.06. The van der Waals surface area contributed by atoms with Gasteiger partial charge < -0.3 is 9.47 Å². The van der Waals surface area contributed by atoms with Crippen molar-refractivity contribution in [3.05, 3.63) is 60.9 Å². The van der Waals surface area contributed by atoms with Gasteiger partial charge in [0.15, 0.2) is 5.78 Å². The Hall–Kier alpha value is -3.59. The van der Waals surface area contributed by atoms with Crippen LogP contribution in [-0.2, 0) is 28.7 Å². The van der Waals surface area contributed by atoms with Gasteiger partial charge in [-0.25, -0.2) is 0 Å². The molecule has 0 aromatic rings. The van der Waals surface area contributed by atoms with Crippen molar-refractivity contribution in [2.75, 3.05) is 32.9 Å². The van der Waals surface area contributed by atoms with Crippen LogP contribution in [0.15, 0.2) is 76.1 Å². The normalized spacial score (nSPS) is 15.9. The topological polar surface area (TPSA) is 124 Å². The maximum Gasteiger partial charge on any atom is 0.305 e. The fraction of sp³-hybridized carbons (Fsp3) is 0.758. The Balaban J connectivity index is -0.000000125. The van der Waals surface area contributed by atoms with Gasteiger partial charge in [-0.05, 0) is 105 Å². The number of esters is 1. The van der Waals surface area contributed by atoms with Crippen LogP contribution in [0.1, 0.15) is 235 Å². The van der Waals surface area contributed by atoms with E-state index in [4.69, 9.17) is 4.74 Å². The summed E-state index contributed by atoms with van der Waals surface area (Å²) >= 11 is 0. The van der Waals surface area contributed by atoms with Gasteiger partial charge in [0.1, 0.15) is 11.6 Å². The van der Waals surface area contributed by atoms with E-state index >= 15 is 0 Å². The van der Waals surface area contributed by atoms with E-state index in [0.29, 0.717) is 31.0 Å². The first-order valence-corrected chi connectivity index (χ1v) is 27.6. The number of carbonyl (C=O) groups excluding carboxylic acids is 4. The van der Waals surface area contributed by atoms with E-state index in [1.54, 1.807) is 24.6 Å². The number of hydrogen-bond acceptors (Lipinski definition) is 9. The number of Topliss-reactive ketones (excluding diaryl/α,β-unsaturated/α-hetero) is 2. The molecule has 0 N–H and O–H groups in total. The number of ketones is 3. The summed E-state index contributed by atoms with van der Waals surface area (Å²) in [6.45, 7) is 53.3. The second kappa shape index (κ2) is 66.4. The van der Waals surface area contributed by atoms with Crippen molar-refractivity contribution >= 4 is 29.5 Å². The molecule has 4 aliphatic heterocycles. The molecule has 7 rings (SSSR count). The number of cyclic esters (lactones) is 1. The fourth-order valence-electron chi connectivity index (χ4n) is 3.94. The number of hydrogen-bond donors (Lipinski definition) is 0. The van der Waals surface area contributed by atoms with Gasteiger partial charge in [-0.3, -0.25) is 24.2 Å². The van der Waals surface area contributed by atoms with E-state index in [1.165, 1.54) is 24.8 Å². The zero-order chi connectivity index (χ0) is 56.3. The molecule has 0 bridgehead atoms. The Labute approximate surface area is 442 Å². The standard InChI is InChI=1S/2C6H10O.C6H6O.C5H8O.C4H5N.C4H6O2.7C4H10.C3H4N2/c1-6-3-2-4-7-5-6;2*7-6-4-2-1-3-5-6;6-5-3-1-2-4-5;1-2-4-5-3-1;5-4-2-1-3-6-4;7*1-4(2)3;1-2-4-5-3-1/h2*1-5H2;1-4H,5H2;1-4H2;1-3H,4H2;1-3H2;7*4H,1-3H3;1-2H,3H2. The Kier molecular flexibility index (Phi) is 76.2. The first-order chi connectivity index (χ1) is 33.1. The van der Waals surface area contributed by atoms with E-state index in [0.717, 1.165) is 126 Å². The Bertz CT molecular complexity index is 1160. The van der Waals surface area contributed by atoms with Gasteiger partial charge in [0.05, 0.1) is 26.3 Å². The summed E-state index contributed by atoms with van der Waals surface area (Å²) in [6.07, 6.45) is 30.1. The molecule has 9 heteroatoms. The molecule has 418 valence electrons. The SMILES string of the molecule is C1=CCN=C1.C1=CN=NC1.C=C1CCCOC1.CC(C)C.CC(C)C.CC(C)C.CC(C)C.CC(C)C.CC(C)C.CC(C)C.O=C1C=CC=CC1.O=C1CCCC1.O=C1CCCCC1.O=C1CCCO1. The van der Waals surface area contributed by atoms with Crippen molar-refractivity contribution in [2.24, 2.45) is 56.6 Å². The molecule has 0 spiro atoms. The molecule has 0 unspecified atom stereocenters. The third-order valence-electron chi connectivity index (χ3n) is 6.31. The molecule has 0 aromatic carbocycles. The van der Waals surface area contributed by atoms with Crippen LogP contribution in [0.4, 0.5) is 0 Å². The van der Waals surface area contributed by atoms with Gasteiger partial charge in [0, 0.05) is 57.5 Å². The lowest BCUT2D eigenvalue weighted by molar-refractivity contribution is -0.138. The summed E-state index contributed by atoms with van der Waals surface area (Å²) in [7, 11) is 0. The maximum atomic E-state index is 10.5. The number of azo groups is 1. The minimum atomic E-state index is -0.0463. The van der Waals surface area contributed by atoms with Crippen LogP contribution in [0.2, 0.25) is 0 Å². The monoisotopic (exact) mass is 1000 g/mol. The molecule has 0 aromatic heterocycles. The van der Waals surface area contributed by atoms with Gasteiger partial charge in [-0.1, -0.05) is 188 Å². The summed E-state index contributed by atoms with van der Waals surface area (Å²) in [4.78, 5) is 44.9. The maximum absolute atomic E-state index is 10.5. The summed E-state index contributed by atoms with van der Waals surface area (Å²) in [5, 5.41) is 7.12. The highest BCUT2D eigenvalue weighted by Crippen LogP contribution is 2.13. The van der Waals surface area contributed by atoms with E-state index in [-0.39, 0.29) is 11.8 Å². The van der Waals surface area contributed by atoms with Crippen molar-refractivity contribution in [2.45, 2.75) is 235 Å². The smallest absolute Gasteiger partial charge is 0.305 e. The predicted molar refractivity (Wildman–Crippen MR) is 314 cm³/mol. The van der Waals surface area contributed by atoms with Crippen molar-refractivity contribution in [1.29, 1.82) is 0 Å². The number of carbonyl (C=O) groups is 4. The third-order valence-corrected chi connectivity index (χ3v) is 6.31. The first-order valence-electron chi connectivity index (χ1n) is 27.6. The Morgan fingerprint density at radius 3 is 1.03 bits per heavy atom. The fourth-order valence-corrected chi connectivity index (χ4v) is 3.94. The minimum Gasteiger partial charge on any atom is -0.466 e. The zero-order valence-corrected chi connectivity index (χ0v) is 50.7. The van der Waals surface area contributed by atoms with Crippen molar-refractivity contribution in [3.8, 4) is 0 Å². The van der Waals surface area contributed by atoms with Crippen LogP contribution in [0.25, 0.3) is 0 Å². The molecule has 0 radical (unpaired) electrons. The minimum absolute atomic E-state index is 0.0463. The summed E-state index contributed by atoms with van der Waals surface area (Å²) in [5.74, 6) is 6.90. The third kappa shape index (κ3) is 140. The quantitative estimate of drug-likeness (QED) is 0.176. The van der Waals surface area contributed by atoms with E-state index in [9.17, 15) is 19.2 Å². The van der Waals surface area contributed by atoms with Gasteiger partial charge in [-0.15, -0.1) is 0 Å². The number of rotatable bonds is 0. The molecule has 4 heterocycles. The lowest BCUT2D eigenvalue weighted by atomic mass is 10.00. The molecular formula is C62H119N3O6. The average Bonchev–Trinajstić information content (AvgIpc) is 4.11. The van der Waals surface area contributed by atoms with Crippen LogP contribution in [0.3, 0.4) is 0 Å². The first kappa shape index (κ1) is 81.5. The Morgan fingerprint density at radius 1 is 0.465 bits per heavy atom. The van der Waals surface area contributed by atoms with Crippen molar-refractivity contribution in [1.82, 2.24) is 0 Å². The molecule has 4 fully saturated rings. The van der Waals surface area contributed by atoms with Gasteiger partial charge in [-0.2, -0.15) is 10.2 Å². The van der Waals surface area contributed by atoms with E-state index in [2.05, 4.69) is 172 Å². The molecule has 0 amide bonds. The summed E-state index contributed by atoms with van der Waals surface area (Å²) < 4.78 is 9.60. The number of nitrogens with zero attached hydrogens (tertiary/aromatic N) is 3. The number of allylic oxidation sites excluding steroid dienone is 5. The van der Waals surface area contributed by atoms with Crippen LogP contribution in [0.5, 0.6) is 0 Å². The highest BCUT2D eigenvalue weighted by Gasteiger charge is 2.09. The molecule has 3 aliphatic carbocycles. The second-order valence-electron chi connectivity index (χ2n) is 22.4. The van der Waals surface area contributed by atoms with E-state index < -0.39 is 0 Å². The van der Waals surface area contributed by atoms with Crippen LogP contribution >= 0.6 is 0 Å². The van der Waals surface area contributed by atoms with E-state index in [1.807, 2.05) is 30.4 Å². The molecule has 0 atom stereocenters. The summed E-state index contributed by atoms with van der Waals surface area (Å²) in [6, 6.07) is 0. The molecule has 9 nitrogen and oxygen atoms in total. The van der Waals surface area contributed by atoms with Crippen molar-refractivity contribution < 1.29 is 28.7 Å². The van der Waals surface area contributed by atoms with Crippen LogP contribution < -0.4 is 0 Å². The molecule has 2 saturated heterocycles. The van der Waals surface area contributed by atoms with Crippen LogP contribution in [0, 0.1) is 41.4 Å². The lowest BCUT2D eigenvalue weighted by Gasteiger charge is -2.11.